The molecule has 4 aromatic carbocycles. The van der Waals surface area contributed by atoms with Crippen LogP contribution in [0.4, 0.5) is 5.69 Å². The van der Waals surface area contributed by atoms with Gasteiger partial charge in [0.1, 0.15) is 18.3 Å². The van der Waals surface area contributed by atoms with E-state index in [-0.39, 0.29) is 29.5 Å². The second kappa shape index (κ2) is 17.0. The summed E-state index contributed by atoms with van der Waals surface area (Å²) >= 11 is 16.1. The zero-order valence-corrected chi connectivity index (χ0v) is 29.9. The van der Waals surface area contributed by atoms with Crippen LogP contribution >= 0.6 is 39.1 Å². The summed E-state index contributed by atoms with van der Waals surface area (Å²) in [5, 5.41) is 3.66. The highest BCUT2D eigenvalue weighted by Gasteiger charge is 2.35. The van der Waals surface area contributed by atoms with Crippen molar-refractivity contribution in [2.45, 2.75) is 44.2 Å². The summed E-state index contributed by atoms with van der Waals surface area (Å²) in [5.74, 6) is -0.409. The minimum absolute atomic E-state index is 0.00351. The number of hydrogen-bond donors (Lipinski definition) is 1. The van der Waals surface area contributed by atoms with Gasteiger partial charge in [-0.05, 0) is 85.1 Å². The Morgan fingerprint density at radius 1 is 0.915 bits per heavy atom. The molecule has 1 atom stereocenters. The van der Waals surface area contributed by atoms with E-state index in [2.05, 4.69) is 21.2 Å². The van der Waals surface area contributed by atoms with Crippen LogP contribution in [-0.4, -0.2) is 50.9 Å². The highest BCUT2D eigenvalue weighted by atomic mass is 79.9. The predicted molar refractivity (Wildman–Crippen MR) is 191 cm³/mol. The third kappa shape index (κ3) is 9.73. The number of nitrogens with one attached hydrogen (secondary N) is 1. The maximum absolute atomic E-state index is 14.6. The average molecular weight is 762 g/mol. The molecule has 0 aliphatic carbocycles. The SMILES string of the molecule is CCCNC(=O)C(Cc1ccccc1)N(Cc1ccc(Cl)cc1Cl)C(=O)CN(c1ccc(OCC)cc1)S(=O)(=O)c1ccc(Br)cc1. The fraction of sp³-hybridized carbons (Fsp3) is 0.257. The van der Waals surface area contributed by atoms with Crippen LogP contribution in [0, 0.1) is 0 Å². The summed E-state index contributed by atoms with van der Waals surface area (Å²) in [6.45, 7) is 3.96. The Morgan fingerprint density at radius 3 is 2.21 bits per heavy atom. The number of amides is 2. The molecule has 0 radical (unpaired) electrons. The summed E-state index contributed by atoms with van der Waals surface area (Å²) in [6.07, 6.45) is 0.883. The van der Waals surface area contributed by atoms with Gasteiger partial charge in [-0.2, -0.15) is 0 Å². The lowest BCUT2D eigenvalue weighted by molar-refractivity contribution is -0.140. The Labute approximate surface area is 294 Å². The number of sulfonamides is 1. The Balaban J connectivity index is 1.81. The molecule has 248 valence electrons. The second-order valence-corrected chi connectivity index (χ2v) is 14.3. The minimum atomic E-state index is -4.25. The summed E-state index contributed by atoms with van der Waals surface area (Å²) in [5.41, 5.74) is 1.63. The number of carbonyl (C=O) groups is 2. The molecule has 1 N–H and O–H groups in total. The van der Waals surface area contributed by atoms with Gasteiger partial charge in [0, 0.05) is 34.0 Å². The van der Waals surface area contributed by atoms with E-state index in [0.717, 1.165) is 9.87 Å². The van der Waals surface area contributed by atoms with Gasteiger partial charge in [0.2, 0.25) is 11.8 Å². The van der Waals surface area contributed by atoms with Crippen molar-refractivity contribution in [2.75, 3.05) is 24.0 Å². The first-order valence-electron chi connectivity index (χ1n) is 15.1. The zero-order valence-electron chi connectivity index (χ0n) is 26.0. The molecule has 0 fully saturated rings. The van der Waals surface area contributed by atoms with Gasteiger partial charge < -0.3 is 15.0 Å². The van der Waals surface area contributed by atoms with E-state index in [1.807, 2.05) is 44.2 Å². The number of benzene rings is 4. The lowest BCUT2D eigenvalue weighted by Crippen LogP contribution is -2.53. The van der Waals surface area contributed by atoms with Gasteiger partial charge in [0.25, 0.3) is 10.0 Å². The van der Waals surface area contributed by atoms with Gasteiger partial charge in [-0.1, -0.05) is 82.5 Å². The number of carbonyl (C=O) groups excluding carboxylic acids is 2. The van der Waals surface area contributed by atoms with Crippen LogP contribution in [0.1, 0.15) is 31.4 Å². The van der Waals surface area contributed by atoms with Crippen molar-refractivity contribution < 1.29 is 22.7 Å². The number of ether oxygens (including phenoxy) is 1. The third-order valence-electron chi connectivity index (χ3n) is 7.29. The molecular formula is C35H36BrCl2N3O5S. The van der Waals surface area contributed by atoms with Gasteiger partial charge in [0.15, 0.2) is 0 Å². The summed E-state index contributed by atoms with van der Waals surface area (Å²) in [6, 6.07) is 25.9. The Kier molecular flexibility index (Phi) is 13.1. The van der Waals surface area contributed by atoms with E-state index < -0.39 is 28.5 Å². The van der Waals surface area contributed by atoms with Crippen molar-refractivity contribution in [3.05, 3.63) is 123 Å². The summed E-state index contributed by atoms with van der Waals surface area (Å²) < 4.78 is 35.7. The minimum Gasteiger partial charge on any atom is -0.494 e. The van der Waals surface area contributed by atoms with Crippen LogP contribution in [0.5, 0.6) is 5.75 Å². The lowest BCUT2D eigenvalue weighted by Gasteiger charge is -2.34. The Morgan fingerprint density at radius 2 is 1.60 bits per heavy atom. The smallest absolute Gasteiger partial charge is 0.264 e. The van der Waals surface area contributed by atoms with Crippen LogP contribution in [0.2, 0.25) is 10.0 Å². The Bertz CT molecular complexity index is 1760. The molecule has 0 aromatic heterocycles. The highest BCUT2D eigenvalue weighted by Crippen LogP contribution is 2.29. The molecule has 8 nitrogen and oxygen atoms in total. The summed E-state index contributed by atoms with van der Waals surface area (Å²) in [7, 11) is -4.25. The quantitative estimate of drug-likeness (QED) is 0.135. The molecule has 1 unspecified atom stereocenters. The van der Waals surface area contributed by atoms with Crippen molar-refractivity contribution in [3.63, 3.8) is 0 Å². The normalized spacial score (nSPS) is 11.9. The van der Waals surface area contributed by atoms with Crippen molar-refractivity contribution in [3.8, 4) is 5.75 Å². The van der Waals surface area contributed by atoms with E-state index >= 15 is 0 Å². The number of halogens is 3. The van der Waals surface area contributed by atoms with E-state index in [1.165, 1.54) is 17.0 Å². The molecule has 47 heavy (non-hydrogen) atoms. The van der Waals surface area contributed by atoms with Gasteiger partial charge in [-0.25, -0.2) is 8.42 Å². The lowest BCUT2D eigenvalue weighted by atomic mass is 10.0. The number of hydrogen-bond acceptors (Lipinski definition) is 5. The monoisotopic (exact) mass is 759 g/mol. The average Bonchev–Trinajstić information content (AvgIpc) is 3.06. The third-order valence-corrected chi connectivity index (χ3v) is 10.2. The number of rotatable bonds is 15. The molecule has 0 heterocycles. The summed E-state index contributed by atoms with van der Waals surface area (Å²) in [4.78, 5) is 29.7. The molecule has 0 spiro atoms. The first-order chi connectivity index (χ1) is 22.5. The van der Waals surface area contributed by atoms with Crippen molar-refractivity contribution >= 4 is 66.7 Å². The molecule has 0 bridgehead atoms. The van der Waals surface area contributed by atoms with Gasteiger partial charge in [-0.3, -0.25) is 13.9 Å². The topological polar surface area (TPSA) is 96.0 Å². The highest BCUT2D eigenvalue weighted by molar-refractivity contribution is 9.10. The molecule has 4 aromatic rings. The van der Waals surface area contributed by atoms with Gasteiger partial charge in [-0.15, -0.1) is 0 Å². The first-order valence-corrected chi connectivity index (χ1v) is 18.1. The van der Waals surface area contributed by atoms with Crippen LogP contribution in [0.15, 0.2) is 106 Å². The first kappa shape index (κ1) is 36.3. The van der Waals surface area contributed by atoms with Crippen molar-refractivity contribution in [1.82, 2.24) is 10.2 Å². The van der Waals surface area contributed by atoms with Gasteiger partial charge >= 0.3 is 0 Å². The second-order valence-electron chi connectivity index (χ2n) is 10.6. The predicted octanol–water partition coefficient (Wildman–Crippen LogP) is 7.52. The van der Waals surface area contributed by atoms with Crippen molar-refractivity contribution in [2.24, 2.45) is 0 Å². The van der Waals surface area contributed by atoms with E-state index in [9.17, 15) is 18.0 Å². The van der Waals surface area contributed by atoms with E-state index in [4.69, 9.17) is 27.9 Å². The van der Waals surface area contributed by atoms with E-state index in [0.29, 0.717) is 45.4 Å². The van der Waals surface area contributed by atoms with Crippen molar-refractivity contribution in [1.29, 1.82) is 0 Å². The molecular weight excluding hydrogens is 725 g/mol. The molecule has 4 rings (SSSR count). The molecule has 0 saturated heterocycles. The fourth-order valence-electron chi connectivity index (χ4n) is 4.89. The maximum atomic E-state index is 14.6. The standard InChI is InChI=1S/C35H36BrCl2N3O5S/c1-3-20-39-35(43)33(21-25-8-6-5-7-9-25)40(23-26-10-13-28(37)22-32(26)38)34(42)24-41(29-14-16-30(17-15-29)46-4-2)47(44,45)31-18-11-27(36)12-19-31/h5-19,22,33H,3-4,20-21,23-24H2,1-2H3,(H,39,43). The molecule has 0 aliphatic heterocycles. The maximum Gasteiger partial charge on any atom is 0.264 e. The van der Waals surface area contributed by atoms with E-state index in [1.54, 1.807) is 54.6 Å². The zero-order chi connectivity index (χ0) is 34.0. The Hall–Kier alpha value is -3.57. The van der Waals surface area contributed by atoms with Crippen LogP contribution in [0.25, 0.3) is 0 Å². The van der Waals surface area contributed by atoms with Gasteiger partial charge in [0.05, 0.1) is 17.2 Å². The molecule has 12 heteroatoms. The number of anilines is 1. The van der Waals surface area contributed by atoms with Crippen LogP contribution < -0.4 is 14.4 Å². The molecule has 2 amide bonds. The molecule has 0 aliphatic rings. The van der Waals surface area contributed by atoms with Crippen LogP contribution in [-0.2, 0) is 32.6 Å². The number of nitrogens with zero attached hydrogens (tertiary/aromatic N) is 2. The van der Waals surface area contributed by atoms with Crippen LogP contribution in [0.3, 0.4) is 0 Å². The largest absolute Gasteiger partial charge is 0.494 e. The fourth-order valence-corrected chi connectivity index (χ4v) is 7.04. The molecule has 0 saturated carbocycles.